The van der Waals surface area contributed by atoms with Crippen molar-refractivity contribution in [3.63, 3.8) is 0 Å². The largest absolute Gasteiger partial charge is 0.339 e. The Morgan fingerprint density at radius 3 is 2.85 bits per heavy atom. The lowest BCUT2D eigenvalue weighted by Gasteiger charge is -2.20. The second-order valence-electron chi connectivity index (χ2n) is 6.04. The van der Waals surface area contributed by atoms with Gasteiger partial charge in [-0.15, -0.1) is 0 Å². The lowest BCUT2D eigenvalue weighted by atomic mass is 9.89. The molecule has 2 aliphatic rings. The molecular formula is C14H23FN4O. The highest BCUT2D eigenvalue weighted by Gasteiger charge is 2.32. The van der Waals surface area contributed by atoms with E-state index in [2.05, 4.69) is 10.1 Å². The van der Waals surface area contributed by atoms with Crippen LogP contribution < -0.4 is 5.73 Å². The second-order valence-corrected chi connectivity index (χ2v) is 6.04. The topological polar surface area (TPSA) is 68.2 Å². The SMILES string of the molecule is NC[C@@H]1C[C@H](F)CN1Cc1noc(C2CCCCC2)n1. The minimum Gasteiger partial charge on any atom is -0.339 e. The third-order valence-electron chi connectivity index (χ3n) is 4.53. The van der Waals surface area contributed by atoms with Gasteiger partial charge in [0.15, 0.2) is 5.82 Å². The maximum atomic E-state index is 13.4. The Kier molecular flexibility index (Phi) is 4.31. The van der Waals surface area contributed by atoms with Gasteiger partial charge < -0.3 is 10.3 Å². The van der Waals surface area contributed by atoms with Crippen LogP contribution in [0.25, 0.3) is 0 Å². The van der Waals surface area contributed by atoms with Crippen LogP contribution in [0.5, 0.6) is 0 Å². The number of aromatic nitrogens is 2. The van der Waals surface area contributed by atoms with Crippen molar-refractivity contribution in [2.45, 2.75) is 63.2 Å². The fraction of sp³-hybridized carbons (Fsp3) is 0.857. The lowest BCUT2D eigenvalue weighted by molar-refractivity contribution is 0.229. The number of nitrogens with zero attached hydrogens (tertiary/aromatic N) is 3. The monoisotopic (exact) mass is 282 g/mol. The summed E-state index contributed by atoms with van der Waals surface area (Å²) in [5.41, 5.74) is 5.69. The van der Waals surface area contributed by atoms with Crippen molar-refractivity contribution >= 4 is 0 Å². The molecule has 2 N–H and O–H groups in total. The van der Waals surface area contributed by atoms with Crippen LogP contribution in [-0.2, 0) is 6.54 Å². The van der Waals surface area contributed by atoms with E-state index in [0.29, 0.717) is 37.8 Å². The normalized spacial score (nSPS) is 29.1. The molecule has 0 radical (unpaired) electrons. The van der Waals surface area contributed by atoms with Crippen LogP contribution in [0.3, 0.4) is 0 Å². The van der Waals surface area contributed by atoms with Gasteiger partial charge in [-0.2, -0.15) is 4.98 Å². The first-order valence-corrected chi connectivity index (χ1v) is 7.67. The quantitative estimate of drug-likeness (QED) is 0.914. The minimum absolute atomic E-state index is 0.0987. The summed E-state index contributed by atoms with van der Waals surface area (Å²) in [5.74, 6) is 1.85. The van der Waals surface area contributed by atoms with Gasteiger partial charge in [-0.3, -0.25) is 4.90 Å². The predicted molar refractivity (Wildman–Crippen MR) is 72.9 cm³/mol. The molecule has 3 rings (SSSR count). The van der Waals surface area contributed by atoms with Crippen LogP contribution in [0.2, 0.25) is 0 Å². The molecule has 20 heavy (non-hydrogen) atoms. The first kappa shape index (κ1) is 13.9. The number of likely N-dealkylation sites (tertiary alicyclic amines) is 1. The van der Waals surface area contributed by atoms with E-state index in [1.165, 1.54) is 19.3 Å². The van der Waals surface area contributed by atoms with Gasteiger partial charge in [0.1, 0.15) is 6.17 Å². The fourth-order valence-electron chi connectivity index (χ4n) is 3.39. The van der Waals surface area contributed by atoms with E-state index in [0.717, 1.165) is 18.7 Å². The van der Waals surface area contributed by atoms with E-state index < -0.39 is 6.17 Å². The van der Waals surface area contributed by atoms with Crippen molar-refractivity contribution in [3.05, 3.63) is 11.7 Å². The summed E-state index contributed by atoms with van der Waals surface area (Å²) in [4.78, 5) is 6.54. The average Bonchev–Trinajstić information content (AvgIpc) is 3.07. The highest BCUT2D eigenvalue weighted by Crippen LogP contribution is 2.31. The Labute approximate surface area is 118 Å². The number of nitrogens with two attached hydrogens (primary N) is 1. The zero-order valence-corrected chi connectivity index (χ0v) is 11.8. The zero-order valence-electron chi connectivity index (χ0n) is 11.8. The van der Waals surface area contributed by atoms with E-state index in [1.54, 1.807) is 0 Å². The van der Waals surface area contributed by atoms with Gasteiger partial charge in [0.25, 0.3) is 0 Å². The molecular weight excluding hydrogens is 259 g/mol. The summed E-state index contributed by atoms with van der Waals surface area (Å²) < 4.78 is 18.8. The van der Waals surface area contributed by atoms with Gasteiger partial charge >= 0.3 is 0 Å². The molecule has 112 valence electrons. The van der Waals surface area contributed by atoms with Crippen molar-refractivity contribution in [1.29, 1.82) is 0 Å². The molecule has 1 aliphatic carbocycles. The number of hydrogen-bond acceptors (Lipinski definition) is 5. The zero-order chi connectivity index (χ0) is 13.9. The van der Waals surface area contributed by atoms with E-state index in [4.69, 9.17) is 10.3 Å². The van der Waals surface area contributed by atoms with E-state index in [9.17, 15) is 4.39 Å². The summed E-state index contributed by atoms with van der Waals surface area (Å²) >= 11 is 0. The van der Waals surface area contributed by atoms with Crippen LogP contribution >= 0.6 is 0 Å². The van der Waals surface area contributed by atoms with Gasteiger partial charge in [0, 0.05) is 25.0 Å². The molecule has 0 amide bonds. The summed E-state index contributed by atoms with van der Waals surface area (Å²) in [6.45, 7) is 1.45. The Morgan fingerprint density at radius 1 is 1.30 bits per heavy atom. The summed E-state index contributed by atoms with van der Waals surface area (Å²) in [6.07, 6.45) is 5.81. The molecule has 1 aromatic heterocycles. The average molecular weight is 282 g/mol. The maximum Gasteiger partial charge on any atom is 0.229 e. The number of halogens is 1. The molecule has 1 aliphatic heterocycles. The van der Waals surface area contributed by atoms with Gasteiger partial charge in [-0.25, -0.2) is 4.39 Å². The Bertz CT molecular complexity index is 433. The fourth-order valence-corrected chi connectivity index (χ4v) is 3.39. The molecule has 2 fully saturated rings. The molecule has 6 heteroatoms. The van der Waals surface area contributed by atoms with E-state index in [1.807, 2.05) is 4.90 Å². The van der Waals surface area contributed by atoms with Gasteiger partial charge in [0.05, 0.1) is 6.54 Å². The Hall–Kier alpha value is -1.01. The molecule has 0 unspecified atom stereocenters. The molecule has 1 saturated heterocycles. The molecule has 1 aromatic rings. The number of rotatable bonds is 4. The van der Waals surface area contributed by atoms with Crippen LogP contribution in [0.1, 0.15) is 56.2 Å². The molecule has 0 bridgehead atoms. The first-order chi connectivity index (χ1) is 9.76. The predicted octanol–water partition coefficient (Wildman–Crippen LogP) is 1.99. The molecule has 2 heterocycles. The Morgan fingerprint density at radius 2 is 2.10 bits per heavy atom. The van der Waals surface area contributed by atoms with Gasteiger partial charge in [-0.05, 0) is 19.3 Å². The van der Waals surface area contributed by atoms with Crippen LogP contribution in [0.15, 0.2) is 4.52 Å². The van der Waals surface area contributed by atoms with Crippen molar-refractivity contribution in [2.24, 2.45) is 5.73 Å². The molecule has 5 nitrogen and oxygen atoms in total. The van der Waals surface area contributed by atoms with Crippen molar-refractivity contribution < 1.29 is 8.91 Å². The molecule has 0 aromatic carbocycles. The first-order valence-electron chi connectivity index (χ1n) is 7.67. The molecule has 2 atom stereocenters. The molecule has 0 spiro atoms. The van der Waals surface area contributed by atoms with Crippen LogP contribution in [0.4, 0.5) is 4.39 Å². The summed E-state index contributed by atoms with van der Waals surface area (Å²) in [5, 5.41) is 4.06. The number of hydrogen-bond donors (Lipinski definition) is 1. The van der Waals surface area contributed by atoms with Crippen LogP contribution in [-0.4, -0.2) is 40.3 Å². The standard InChI is InChI=1S/C14H23FN4O/c15-11-6-12(7-16)19(8-11)9-13-17-14(20-18-13)10-4-2-1-3-5-10/h10-12H,1-9,16H2/t11-,12-/m0/s1. The van der Waals surface area contributed by atoms with E-state index in [-0.39, 0.29) is 6.04 Å². The smallest absolute Gasteiger partial charge is 0.229 e. The Balaban J connectivity index is 1.62. The highest BCUT2D eigenvalue weighted by molar-refractivity contribution is 4.97. The van der Waals surface area contributed by atoms with Gasteiger partial charge in [0.2, 0.25) is 5.89 Å². The summed E-state index contributed by atoms with van der Waals surface area (Å²) in [7, 11) is 0. The second kappa shape index (κ2) is 6.18. The van der Waals surface area contributed by atoms with Crippen molar-refractivity contribution in [1.82, 2.24) is 15.0 Å². The number of alkyl halides is 1. The highest BCUT2D eigenvalue weighted by atomic mass is 19.1. The lowest BCUT2D eigenvalue weighted by Crippen LogP contribution is -2.35. The van der Waals surface area contributed by atoms with E-state index >= 15 is 0 Å². The summed E-state index contributed by atoms with van der Waals surface area (Å²) in [6, 6.07) is 0.0987. The van der Waals surface area contributed by atoms with Gasteiger partial charge in [-0.1, -0.05) is 24.4 Å². The maximum absolute atomic E-state index is 13.4. The van der Waals surface area contributed by atoms with Crippen LogP contribution in [0, 0.1) is 0 Å². The third-order valence-corrected chi connectivity index (χ3v) is 4.53. The molecule has 1 saturated carbocycles. The third kappa shape index (κ3) is 3.01. The minimum atomic E-state index is -0.784. The van der Waals surface area contributed by atoms with Crippen molar-refractivity contribution in [2.75, 3.05) is 13.1 Å². The van der Waals surface area contributed by atoms with Crippen molar-refractivity contribution in [3.8, 4) is 0 Å².